The van der Waals surface area contributed by atoms with Gasteiger partial charge in [-0.1, -0.05) is 19.8 Å². The van der Waals surface area contributed by atoms with Crippen LogP contribution in [0.15, 0.2) is 0 Å². The average Bonchev–Trinajstić information content (AvgIpc) is 2.36. The third-order valence-corrected chi connectivity index (χ3v) is 3.07. The first-order valence-corrected chi connectivity index (χ1v) is 6.92. The summed E-state index contributed by atoms with van der Waals surface area (Å²) in [7, 11) is 0. The van der Waals surface area contributed by atoms with Gasteiger partial charge in [0.2, 0.25) is 5.91 Å². The van der Waals surface area contributed by atoms with Crippen molar-refractivity contribution >= 4 is 5.91 Å². The molecule has 1 amide bonds. The molecule has 0 atom stereocenters. The first kappa shape index (κ1) is 14.5. The maximum atomic E-state index is 11.4. The molecule has 2 N–H and O–H groups in total. The number of carbonyl (C=O) groups is 1. The number of piperidine rings is 1. The molecule has 0 aromatic carbocycles. The molecule has 0 unspecified atom stereocenters. The van der Waals surface area contributed by atoms with Crippen LogP contribution < -0.4 is 10.6 Å². The molecule has 100 valence electrons. The number of rotatable bonds is 8. The van der Waals surface area contributed by atoms with E-state index < -0.39 is 0 Å². The van der Waals surface area contributed by atoms with Gasteiger partial charge in [-0.2, -0.15) is 0 Å². The smallest absolute Gasteiger partial charge is 0.220 e. The molecular formula is C13H26N2O2. The molecule has 17 heavy (non-hydrogen) atoms. The minimum atomic E-state index is 0.160. The summed E-state index contributed by atoms with van der Waals surface area (Å²) in [6.07, 6.45) is 6.51. The predicted molar refractivity (Wildman–Crippen MR) is 69.0 cm³/mol. The second kappa shape index (κ2) is 9.42. The van der Waals surface area contributed by atoms with E-state index in [0.29, 0.717) is 25.7 Å². The molecule has 1 saturated heterocycles. The molecular weight excluding hydrogens is 216 g/mol. The SMILES string of the molecule is CCCCCC(=O)NCCOC1CCNCC1. The standard InChI is InChI=1S/C13H26N2O2/c1-2-3-4-5-13(16)15-10-11-17-12-6-8-14-9-7-12/h12,14H,2-11H2,1H3,(H,15,16). The summed E-state index contributed by atoms with van der Waals surface area (Å²) in [5.41, 5.74) is 0. The Balaban J connectivity index is 1.90. The Morgan fingerprint density at radius 2 is 2.12 bits per heavy atom. The van der Waals surface area contributed by atoms with E-state index in [1.165, 1.54) is 0 Å². The monoisotopic (exact) mass is 242 g/mol. The van der Waals surface area contributed by atoms with Gasteiger partial charge in [0.05, 0.1) is 12.7 Å². The van der Waals surface area contributed by atoms with Crippen LogP contribution in [0.1, 0.15) is 45.4 Å². The maximum absolute atomic E-state index is 11.4. The van der Waals surface area contributed by atoms with Gasteiger partial charge in [0.15, 0.2) is 0 Å². The molecule has 0 bridgehead atoms. The van der Waals surface area contributed by atoms with Gasteiger partial charge in [0.25, 0.3) is 0 Å². The van der Waals surface area contributed by atoms with Crippen LogP contribution in [0.3, 0.4) is 0 Å². The third-order valence-electron chi connectivity index (χ3n) is 3.07. The lowest BCUT2D eigenvalue weighted by Crippen LogP contribution is -2.34. The van der Waals surface area contributed by atoms with Crippen LogP contribution >= 0.6 is 0 Å². The predicted octanol–water partition coefficient (Wildman–Crippen LogP) is 1.45. The molecule has 4 nitrogen and oxygen atoms in total. The fourth-order valence-electron chi connectivity index (χ4n) is 2.00. The van der Waals surface area contributed by atoms with Crippen molar-refractivity contribution in [3.05, 3.63) is 0 Å². The van der Waals surface area contributed by atoms with Gasteiger partial charge >= 0.3 is 0 Å². The molecule has 1 fully saturated rings. The number of carbonyl (C=O) groups excluding carboxylic acids is 1. The van der Waals surface area contributed by atoms with Crippen molar-refractivity contribution in [2.45, 2.75) is 51.6 Å². The van der Waals surface area contributed by atoms with Crippen molar-refractivity contribution in [3.63, 3.8) is 0 Å². The van der Waals surface area contributed by atoms with Crippen molar-refractivity contribution in [3.8, 4) is 0 Å². The highest BCUT2D eigenvalue weighted by Gasteiger charge is 2.12. The minimum Gasteiger partial charge on any atom is -0.376 e. The van der Waals surface area contributed by atoms with E-state index in [1.807, 2.05) is 0 Å². The molecule has 1 rings (SSSR count). The van der Waals surface area contributed by atoms with E-state index in [0.717, 1.165) is 45.2 Å². The summed E-state index contributed by atoms with van der Waals surface area (Å²) in [6.45, 7) is 5.53. The van der Waals surface area contributed by atoms with E-state index in [9.17, 15) is 4.79 Å². The molecule has 0 spiro atoms. The van der Waals surface area contributed by atoms with Crippen LogP contribution in [-0.4, -0.2) is 38.3 Å². The van der Waals surface area contributed by atoms with Crippen LogP contribution in [0.4, 0.5) is 0 Å². The highest BCUT2D eigenvalue weighted by molar-refractivity contribution is 5.75. The van der Waals surface area contributed by atoms with E-state index >= 15 is 0 Å². The van der Waals surface area contributed by atoms with Crippen molar-refractivity contribution in [2.24, 2.45) is 0 Å². The summed E-state index contributed by atoms with van der Waals surface area (Å²) < 4.78 is 5.70. The fraction of sp³-hybridized carbons (Fsp3) is 0.923. The Hall–Kier alpha value is -0.610. The highest BCUT2D eigenvalue weighted by Crippen LogP contribution is 2.06. The van der Waals surface area contributed by atoms with Crippen molar-refractivity contribution in [1.82, 2.24) is 10.6 Å². The summed E-state index contributed by atoms with van der Waals surface area (Å²) in [5.74, 6) is 0.160. The second-order valence-electron chi connectivity index (χ2n) is 4.63. The van der Waals surface area contributed by atoms with Gasteiger partial charge in [-0.15, -0.1) is 0 Å². The Morgan fingerprint density at radius 3 is 2.82 bits per heavy atom. The van der Waals surface area contributed by atoms with Crippen molar-refractivity contribution in [1.29, 1.82) is 0 Å². The number of hydrogen-bond acceptors (Lipinski definition) is 3. The minimum absolute atomic E-state index is 0.160. The lowest BCUT2D eigenvalue weighted by molar-refractivity contribution is -0.121. The zero-order chi connectivity index (χ0) is 12.3. The number of hydrogen-bond donors (Lipinski definition) is 2. The molecule has 4 heteroatoms. The van der Waals surface area contributed by atoms with E-state index in [2.05, 4.69) is 17.6 Å². The first-order chi connectivity index (χ1) is 8.33. The number of amides is 1. The van der Waals surface area contributed by atoms with Gasteiger partial charge in [0, 0.05) is 13.0 Å². The first-order valence-electron chi connectivity index (χ1n) is 6.92. The van der Waals surface area contributed by atoms with Crippen molar-refractivity contribution in [2.75, 3.05) is 26.2 Å². The maximum Gasteiger partial charge on any atom is 0.220 e. The summed E-state index contributed by atoms with van der Waals surface area (Å²) >= 11 is 0. The highest BCUT2D eigenvalue weighted by atomic mass is 16.5. The van der Waals surface area contributed by atoms with E-state index in [1.54, 1.807) is 0 Å². The summed E-state index contributed by atoms with van der Waals surface area (Å²) in [5, 5.41) is 6.20. The van der Waals surface area contributed by atoms with Gasteiger partial charge in [-0.05, 0) is 32.4 Å². The van der Waals surface area contributed by atoms with E-state index in [4.69, 9.17) is 4.74 Å². The number of ether oxygens (including phenoxy) is 1. The quantitative estimate of drug-likeness (QED) is 0.633. The van der Waals surface area contributed by atoms with Crippen molar-refractivity contribution < 1.29 is 9.53 Å². The van der Waals surface area contributed by atoms with Crippen LogP contribution in [0.2, 0.25) is 0 Å². The molecule has 0 saturated carbocycles. The average molecular weight is 242 g/mol. The van der Waals surface area contributed by atoms with Gasteiger partial charge in [0.1, 0.15) is 0 Å². The lowest BCUT2D eigenvalue weighted by Gasteiger charge is -2.22. The fourth-order valence-corrected chi connectivity index (χ4v) is 2.00. The number of unbranched alkanes of at least 4 members (excludes halogenated alkanes) is 2. The van der Waals surface area contributed by atoms with Crippen LogP contribution in [0.25, 0.3) is 0 Å². The molecule has 0 aromatic heterocycles. The normalized spacial score (nSPS) is 17.0. The van der Waals surface area contributed by atoms with Crippen LogP contribution in [0.5, 0.6) is 0 Å². The van der Waals surface area contributed by atoms with Gasteiger partial charge < -0.3 is 15.4 Å². The molecule has 0 aliphatic carbocycles. The van der Waals surface area contributed by atoms with Crippen LogP contribution in [-0.2, 0) is 9.53 Å². The van der Waals surface area contributed by atoms with Gasteiger partial charge in [-0.25, -0.2) is 0 Å². The topological polar surface area (TPSA) is 50.4 Å². The van der Waals surface area contributed by atoms with Gasteiger partial charge in [-0.3, -0.25) is 4.79 Å². The summed E-state index contributed by atoms with van der Waals surface area (Å²) in [4.78, 5) is 11.4. The van der Waals surface area contributed by atoms with E-state index in [-0.39, 0.29) is 5.91 Å². The largest absolute Gasteiger partial charge is 0.376 e. The molecule has 1 heterocycles. The second-order valence-corrected chi connectivity index (χ2v) is 4.63. The Morgan fingerprint density at radius 1 is 1.35 bits per heavy atom. The van der Waals surface area contributed by atoms with Crippen LogP contribution in [0, 0.1) is 0 Å². The lowest BCUT2D eigenvalue weighted by atomic mass is 10.1. The summed E-state index contributed by atoms with van der Waals surface area (Å²) in [6, 6.07) is 0. The Labute approximate surface area is 104 Å². The number of nitrogens with one attached hydrogen (secondary N) is 2. The zero-order valence-electron chi connectivity index (χ0n) is 11.0. The molecule has 0 aromatic rings. The Kier molecular flexibility index (Phi) is 8.01. The molecule has 1 aliphatic heterocycles. The zero-order valence-corrected chi connectivity index (χ0v) is 11.0. The third kappa shape index (κ3) is 7.34. The Bertz CT molecular complexity index is 204. The molecule has 0 radical (unpaired) electrons. The molecule has 1 aliphatic rings.